The number of hydrogen-bond acceptors (Lipinski definition) is 5. The summed E-state index contributed by atoms with van der Waals surface area (Å²) < 4.78 is 10.6. The van der Waals surface area contributed by atoms with E-state index in [2.05, 4.69) is 0 Å². The molecule has 0 fully saturated rings. The number of ether oxygens (including phenoxy) is 1. The van der Waals surface area contributed by atoms with Crippen molar-refractivity contribution in [3.05, 3.63) is 88.7 Å². The monoisotopic (exact) mass is 358 g/mol. The standard InChI is InChI=1S/C22H14O5/c1-26-22(25)17-9-5-2-6-14(17)19-11-10-13(27-19)12-18-20(23)15-7-3-4-8-16(15)21(18)24/h2-12H,1H3. The summed E-state index contributed by atoms with van der Waals surface area (Å²) in [6.07, 6.45) is 1.44. The van der Waals surface area contributed by atoms with E-state index in [1.807, 2.05) is 0 Å². The number of methoxy groups -OCH3 is 1. The van der Waals surface area contributed by atoms with Crippen LogP contribution in [0.1, 0.15) is 36.8 Å². The fraction of sp³-hybridized carbons (Fsp3) is 0.0455. The van der Waals surface area contributed by atoms with Crippen molar-refractivity contribution in [2.24, 2.45) is 0 Å². The minimum Gasteiger partial charge on any atom is -0.465 e. The molecule has 5 heteroatoms. The second-order valence-electron chi connectivity index (χ2n) is 6.00. The van der Waals surface area contributed by atoms with Crippen LogP contribution in [-0.2, 0) is 4.74 Å². The number of esters is 1. The van der Waals surface area contributed by atoms with Crippen molar-refractivity contribution in [2.75, 3.05) is 7.11 Å². The van der Waals surface area contributed by atoms with Gasteiger partial charge in [-0.3, -0.25) is 9.59 Å². The lowest BCUT2D eigenvalue weighted by Crippen LogP contribution is -2.02. The molecule has 5 nitrogen and oxygen atoms in total. The van der Waals surface area contributed by atoms with Gasteiger partial charge in [0.2, 0.25) is 0 Å². The van der Waals surface area contributed by atoms with Gasteiger partial charge in [-0.1, -0.05) is 42.5 Å². The van der Waals surface area contributed by atoms with Crippen LogP contribution in [0.25, 0.3) is 17.4 Å². The van der Waals surface area contributed by atoms with E-state index in [0.717, 1.165) is 0 Å². The molecule has 0 aliphatic heterocycles. The van der Waals surface area contributed by atoms with Gasteiger partial charge in [0, 0.05) is 16.7 Å². The zero-order valence-corrected chi connectivity index (χ0v) is 14.4. The van der Waals surface area contributed by atoms with Gasteiger partial charge in [0.25, 0.3) is 0 Å². The molecule has 1 heterocycles. The van der Waals surface area contributed by atoms with E-state index in [-0.39, 0.29) is 17.1 Å². The minimum absolute atomic E-state index is 0.0679. The zero-order chi connectivity index (χ0) is 19.0. The predicted molar refractivity (Wildman–Crippen MR) is 98.6 cm³/mol. The molecule has 1 aromatic heterocycles. The van der Waals surface area contributed by atoms with E-state index in [4.69, 9.17) is 9.15 Å². The summed E-state index contributed by atoms with van der Waals surface area (Å²) in [5.41, 5.74) is 1.81. The van der Waals surface area contributed by atoms with Crippen LogP contribution >= 0.6 is 0 Å². The van der Waals surface area contributed by atoms with Gasteiger partial charge in [0.1, 0.15) is 11.5 Å². The van der Waals surface area contributed by atoms with Crippen LogP contribution in [0.2, 0.25) is 0 Å². The highest BCUT2D eigenvalue weighted by molar-refractivity contribution is 6.41. The zero-order valence-electron chi connectivity index (χ0n) is 14.4. The van der Waals surface area contributed by atoms with Crippen LogP contribution in [0.4, 0.5) is 0 Å². The van der Waals surface area contributed by atoms with Gasteiger partial charge >= 0.3 is 5.97 Å². The molecule has 27 heavy (non-hydrogen) atoms. The molecule has 3 aromatic rings. The Kier molecular flexibility index (Phi) is 4.05. The maximum Gasteiger partial charge on any atom is 0.338 e. The van der Waals surface area contributed by atoms with Gasteiger partial charge in [-0.2, -0.15) is 0 Å². The summed E-state index contributed by atoms with van der Waals surface area (Å²) in [5.74, 6) is -0.307. The maximum atomic E-state index is 12.5. The third-order valence-corrected chi connectivity index (χ3v) is 4.42. The molecule has 2 aromatic carbocycles. The van der Waals surface area contributed by atoms with Crippen molar-refractivity contribution < 1.29 is 23.5 Å². The Morgan fingerprint density at radius 1 is 0.852 bits per heavy atom. The van der Waals surface area contributed by atoms with Crippen LogP contribution in [0.15, 0.2) is 70.7 Å². The minimum atomic E-state index is -0.474. The molecular formula is C22H14O5. The smallest absolute Gasteiger partial charge is 0.338 e. The summed E-state index contributed by atoms with van der Waals surface area (Å²) in [6.45, 7) is 0. The van der Waals surface area contributed by atoms with Crippen molar-refractivity contribution in [3.63, 3.8) is 0 Å². The third-order valence-electron chi connectivity index (χ3n) is 4.42. The number of carbonyl (C=O) groups is 3. The molecule has 0 saturated heterocycles. The first kappa shape index (κ1) is 16.7. The molecule has 0 bridgehead atoms. The fourth-order valence-electron chi connectivity index (χ4n) is 3.11. The number of allylic oxidation sites excluding steroid dienone is 1. The van der Waals surface area contributed by atoms with Gasteiger partial charge in [-0.25, -0.2) is 4.79 Å². The summed E-state index contributed by atoms with van der Waals surface area (Å²) in [6, 6.07) is 17.0. The van der Waals surface area contributed by atoms with Crippen molar-refractivity contribution in [1.29, 1.82) is 0 Å². The van der Waals surface area contributed by atoms with Crippen LogP contribution in [-0.4, -0.2) is 24.6 Å². The lowest BCUT2D eigenvalue weighted by Gasteiger charge is -2.04. The fourth-order valence-corrected chi connectivity index (χ4v) is 3.11. The largest absolute Gasteiger partial charge is 0.465 e. The normalized spacial score (nSPS) is 12.9. The lowest BCUT2D eigenvalue weighted by atomic mass is 10.1. The summed E-state index contributed by atoms with van der Waals surface area (Å²) in [5, 5.41) is 0. The highest BCUT2D eigenvalue weighted by atomic mass is 16.5. The summed E-state index contributed by atoms with van der Waals surface area (Å²) in [7, 11) is 1.31. The molecule has 132 valence electrons. The Morgan fingerprint density at radius 3 is 2.07 bits per heavy atom. The summed E-state index contributed by atoms with van der Waals surface area (Å²) in [4.78, 5) is 36.9. The average Bonchev–Trinajstić information content (AvgIpc) is 3.27. The molecular weight excluding hydrogens is 344 g/mol. The van der Waals surface area contributed by atoms with Gasteiger partial charge in [-0.05, 0) is 24.3 Å². The van der Waals surface area contributed by atoms with Crippen LogP contribution in [0.3, 0.4) is 0 Å². The van der Waals surface area contributed by atoms with Crippen molar-refractivity contribution in [3.8, 4) is 11.3 Å². The van der Waals surface area contributed by atoms with Crippen molar-refractivity contribution in [1.82, 2.24) is 0 Å². The first-order chi connectivity index (χ1) is 13.1. The van der Waals surface area contributed by atoms with Crippen molar-refractivity contribution in [2.45, 2.75) is 0 Å². The van der Waals surface area contributed by atoms with E-state index in [1.54, 1.807) is 60.7 Å². The maximum absolute atomic E-state index is 12.5. The number of furan rings is 1. The first-order valence-corrected chi connectivity index (χ1v) is 8.28. The molecule has 0 spiro atoms. The Hall–Kier alpha value is -3.73. The van der Waals surface area contributed by atoms with E-state index in [1.165, 1.54) is 13.2 Å². The topological polar surface area (TPSA) is 73.6 Å². The van der Waals surface area contributed by atoms with E-state index < -0.39 is 5.97 Å². The number of fused-ring (bicyclic) bond motifs is 1. The van der Waals surface area contributed by atoms with Gasteiger partial charge in [-0.15, -0.1) is 0 Å². The number of ketones is 2. The number of rotatable bonds is 3. The Balaban J connectivity index is 1.72. The number of hydrogen-bond donors (Lipinski definition) is 0. The van der Waals surface area contributed by atoms with Crippen LogP contribution < -0.4 is 0 Å². The molecule has 0 N–H and O–H groups in total. The second-order valence-corrected chi connectivity index (χ2v) is 6.00. The van der Waals surface area contributed by atoms with Crippen LogP contribution in [0, 0.1) is 0 Å². The van der Waals surface area contributed by atoms with E-state index in [9.17, 15) is 14.4 Å². The second kappa shape index (κ2) is 6.53. The molecule has 0 saturated carbocycles. The highest BCUT2D eigenvalue weighted by Crippen LogP contribution is 2.30. The Bertz CT molecular complexity index is 1080. The van der Waals surface area contributed by atoms with Crippen molar-refractivity contribution >= 4 is 23.6 Å². The molecule has 1 aliphatic carbocycles. The number of Topliss-reactive ketones (excluding diaryl/α,β-unsaturated/α-hetero) is 2. The molecule has 1 aliphatic rings. The quantitative estimate of drug-likeness (QED) is 0.399. The SMILES string of the molecule is COC(=O)c1ccccc1-c1ccc(C=C2C(=O)c3ccccc3C2=O)o1. The van der Waals surface area contributed by atoms with Crippen LogP contribution in [0.5, 0.6) is 0 Å². The third kappa shape index (κ3) is 2.79. The highest BCUT2D eigenvalue weighted by Gasteiger charge is 2.32. The first-order valence-electron chi connectivity index (χ1n) is 8.28. The lowest BCUT2D eigenvalue weighted by molar-refractivity contribution is 0.0601. The molecule has 0 radical (unpaired) electrons. The molecule has 0 atom stereocenters. The average molecular weight is 358 g/mol. The van der Waals surface area contributed by atoms with Gasteiger partial charge in [0.15, 0.2) is 11.6 Å². The van der Waals surface area contributed by atoms with Gasteiger partial charge in [0.05, 0.1) is 18.2 Å². The van der Waals surface area contributed by atoms with E-state index >= 15 is 0 Å². The predicted octanol–water partition coefficient (Wildman–Crippen LogP) is 4.20. The Labute approximate surface area is 154 Å². The molecule has 0 amide bonds. The number of carbonyl (C=O) groups excluding carboxylic acids is 3. The van der Waals surface area contributed by atoms with E-state index in [0.29, 0.717) is 33.8 Å². The molecule has 4 rings (SSSR count). The van der Waals surface area contributed by atoms with Gasteiger partial charge < -0.3 is 9.15 Å². The summed E-state index contributed by atoms with van der Waals surface area (Å²) >= 11 is 0. The molecule has 0 unspecified atom stereocenters. The Morgan fingerprint density at radius 2 is 1.44 bits per heavy atom. The number of benzene rings is 2.